The minimum absolute atomic E-state index is 0.0267. The third kappa shape index (κ3) is 7.76. The minimum Gasteiger partial charge on any atom is -0.474 e. The van der Waals surface area contributed by atoms with Crippen molar-refractivity contribution in [1.82, 2.24) is 29.8 Å². The highest BCUT2D eigenvalue weighted by atomic mass is 35.5. The molecular weight excluding hydrogens is 730 g/mol. The average molecular weight is 784 g/mol. The Morgan fingerprint density at radius 3 is 2.43 bits per heavy atom. The second-order valence-corrected chi connectivity index (χ2v) is 24.6. The summed E-state index contributed by atoms with van der Waals surface area (Å²) in [6, 6.07) is 9.37. The van der Waals surface area contributed by atoms with Crippen molar-refractivity contribution in [3.63, 3.8) is 0 Å². The smallest absolute Gasteiger partial charge is 0.281 e. The summed E-state index contributed by atoms with van der Waals surface area (Å²) in [5.41, 5.74) is 1.02. The Balaban J connectivity index is 0.948. The molecule has 12 nitrogen and oxygen atoms in total. The fraction of sp³-hybridized carbons (Fsp3) is 0.632. The number of pyridine rings is 2. The molecule has 1 saturated heterocycles. The maximum Gasteiger partial charge on any atom is 0.281 e. The van der Waals surface area contributed by atoms with Crippen LogP contribution in [0.4, 0.5) is 5.82 Å². The first kappa shape index (κ1) is 38.2. The van der Waals surface area contributed by atoms with Gasteiger partial charge in [0, 0.05) is 24.3 Å². The summed E-state index contributed by atoms with van der Waals surface area (Å²) in [7, 11) is -6.32. The van der Waals surface area contributed by atoms with Gasteiger partial charge in [0.2, 0.25) is 5.88 Å². The van der Waals surface area contributed by atoms with Crippen LogP contribution in [0.25, 0.3) is 5.82 Å². The highest BCUT2D eigenvalue weighted by molar-refractivity contribution is 7.90. The summed E-state index contributed by atoms with van der Waals surface area (Å²) in [5.74, 6) is 1.46. The third-order valence-corrected chi connectivity index (χ3v) is 18.6. The highest BCUT2D eigenvalue weighted by Gasteiger charge is 2.88. The fourth-order valence-corrected chi connectivity index (χ4v) is 11.0. The van der Waals surface area contributed by atoms with Gasteiger partial charge >= 0.3 is 0 Å². The van der Waals surface area contributed by atoms with E-state index in [1.165, 1.54) is 42.5 Å². The molecule has 3 aliphatic carbocycles. The number of ether oxygens (including phenoxy) is 1. The number of anilines is 1. The van der Waals surface area contributed by atoms with Crippen LogP contribution in [0.1, 0.15) is 89.9 Å². The van der Waals surface area contributed by atoms with Crippen LogP contribution in [-0.2, 0) is 14.4 Å². The molecule has 4 aliphatic rings. The molecule has 7 rings (SSSR count). The van der Waals surface area contributed by atoms with E-state index in [-0.39, 0.29) is 32.4 Å². The number of rotatable bonds is 15. The van der Waals surface area contributed by atoms with Crippen molar-refractivity contribution in [2.45, 2.75) is 114 Å². The molecule has 0 aromatic carbocycles. The largest absolute Gasteiger partial charge is 0.474 e. The monoisotopic (exact) mass is 783 g/mol. The molecule has 2 spiro atoms. The van der Waals surface area contributed by atoms with Crippen LogP contribution in [0.3, 0.4) is 0 Å². The molecular formula is C38H54ClN7O5SSi. The van der Waals surface area contributed by atoms with Gasteiger partial charge in [-0.15, -0.1) is 5.10 Å². The summed E-state index contributed by atoms with van der Waals surface area (Å²) in [6.07, 6.45) is 10.1. The lowest BCUT2D eigenvalue weighted by Crippen LogP contribution is -2.46. The summed E-state index contributed by atoms with van der Waals surface area (Å²) in [4.78, 5) is 21.7. The molecule has 0 bridgehead atoms. The normalized spacial score (nSPS) is 21.8. The number of hydrogen-bond donors (Lipinski definition) is 3. The molecule has 1 amide bonds. The Kier molecular flexibility index (Phi) is 9.82. The van der Waals surface area contributed by atoms with E-state index in [2.05, 4.69) is 78.1 Å². The maximum absolute atomic E-state index is 13.2. The van der Waals surface area contributed by atoms with Crippen molar-refractivity contribution < 1.29 is 22.4 Å². The van der Waals surface area contributed by atoms with Crippen LogP contribution >= 0.6 is 11.6 Å². The van der Waals surface area contributed by atoms with E-state index in [0.717, 1.165) is 25.8 Å². The highest BCUT2D eigenvalue weighted by Crippen LogP contribution is 2.93. The topological polar surface area (TPSA) is 149 Å². The van der Waals surface area contributed by atoms with Gasteiger partial charge in [0.15, 0.2) is 19.2 Å². The van der Waals surface area contributed by atoms with E-state index in [4.69, 9.17) is 20.8 Å². The molecule has 3 saturated carbocycles. The quantitative estimate of drug-likeness (QED) is 0.0838. The van der Waals surface area contributed by atoms with Gasteiger partial charge in [0.05, 0.1) is 11.7 Å². The summed E-state index contributed by atoms with van der Waals surface area (Å²) < 4.78 is 43.2. The molecule has 2 atom stereocenters. The number of amides is 1. The van der Waals surface area contributed by atoms with Gasteiger partial charge in [0.25, 0.3) is 15.9 Å². The second-order valence-electron chi connectivity index (χ2n) is 17.8. The molecule has 3 aromatic heterocycles. The molecule has 1 aliphatic heterocycles. The first-order chi connectivity index (χ1) is 24.8. The van der Waals surface area contributed by atoms with E-state index >= 15 is 0 Å². The summed E-state index contributed by atoms with van der Waals surface area (Å²) in [5, 5.41) is 11.0. The van der Waals surface area contributed by atoms with Crippen molar-refractivity contribution >= 4 is 41.7 Å². The Hall–Kier alpha value is -3.04. The lowest BCUT2D eigenvalue weighted by Gasteiger charge is -2.39. The van der Waals surface area contributed by atoms with Crippen LogP contribution < -0.4 is 20.1 Å². The SMILES string of the molecule is CC1(C)C[C@H](CCCNc2cccc(S(=O)(=O)NC(=O)c3ccc(-n4ccc(OCC(O[Si](C)(C)C(C)(C)C)C5C6(CC6)C56CC6)n4)nc3Cl)n2)CN1. The van der Waals surface area contributed by atoms with Gasteiger partial charge in [-0.3, -0.25) is 4.79 Å². The number of carbonyl (C=O) groups is 1. The second kappa shape index (κ2) is 13.6. The lowest BCUT2D eigenvalue weighted by molar-refractivity contribution is 0.0850. The van der Waals surface area contributed by atoms with Crippen molar-refractivity contribution in [3.05, 3.63) is 53.3 Å². The number of hydrogen-bond acceptors (Lipinski definition) is 10. The number of carbonyl (C=O) groups excluding carboxylic acids is 1. The predicted octanol–water partition coefficient (Wildman–Crippen LogP) is 6.97. The Morgan fingerprint density at radius 2 is 1.81 bits per heavy atom. The molecule has 288 valence electrons. The molecule has 4 fully saturated rings. The van der Waals surface area contributed by atoms with Crippen LogP contribution in [0, 0.1) is 22.7 Å². The number of nitrogens with one attached hydrogen (secondary N) is 3. The number of halogens is 1. The van der Waals surface area contributed by atoms with Crippen molar-refractivity contribution in [1.29, 1.82) is 0 Å². The van der Waals surface area contributed by atoms with Crippen LogP contribution in [0.5, 0.6) is 5.88 Å². The Labute approximate surface area is 319 Å². The fourth-order valence-electron chi connectivity index (χ4n) is 8.52. The molecule has 15 heteroatoms. The van der Waals surface area contributed by atoms with Crippen LogP contribution in [0.15, 0.2) is 47.6 Å². The predicted molar refractivity (Wildman–Crippen MR) is 208 cm³/mol. The Morgan fingerprint density at radius 1 is 1.09 bits per heavy atom. The molecule has 0 radical (unpaired) electrons. The number of fused-ring (bicyclic) bond motifs is 1. The zero-order valence-electron chi connectivity index (χ0n) is 32.0. The molecule has 3 N–H and O–H groups in total. The van der Waals surface area contributed by atoms with E-state index in [1.54, 1.807) is 30.5 Å². The number of aromatic nitrogens is 4. The van der Waals surface area contributed by atoms with Crippen molar-refractivity contribution in [2.24, 2.45) is 22.7 Å². The summed E-state index contributed by atoms with van der Waals surface area (Å²) >= 11 is 6.44. The van der Waals surface area contributed by atoms with E-state index in [1.807, 2.05) is 0 Å². The van der Waals surface area contributed by atoms with E-state index in [0.29, 0.717) is 53.3 Å². The average Bonchev–Trinajstić information content (AvgIpc) is 4.03. The van der Waals surface area contributed by atoms with Gasteiger partial charge in [-0.25, -0.2) is 19.4 Å². The first-order valence-electron chi connectivity index (χ1n) is 18.9. The third-order valence-electron chi connectivity index (χ3n) is 12.6. The van der Waals surface area contributed by atoms with Gasteiger partial charge in [0.1, 0.15) is 17.6 Å². The van der Waals surface area contributed by atoms with Crippen molar-refractivity contribution in [3.8, 4) is 11.7 Å². The van der Waals surface area contributed by atoms with Gasteiger partial charge in [-0.05, 0) is 130 Å². The van der Waals surface area contributed by atoms with Gasteiger partial charge < -0.3 is 19.8 Å². The zero-order valence-corrected chi connectivity index (χ0v) is 34.5. The van der Waals surface area contributed by atoms with Crippen LogP contribution in [0.2, 0.25) is 23.3 Å². The lowest BCUT2D eigenvalue weighted by atomic mass is 9.94. The molecule has 1 unspecified atom stereocenters. The van der Waals surface area contributed by atoms with E-state index in [9.17, 15) is 13.2 Å². The first-order valence-corrected chi connectivity index (χ1v) is 23.7. The molecule has 53 heavy (non-hydrogen) atoms. The van der Waals surface area contributed by atoms with Gasteiger partial charge in [-0.2, -0.15) is 8.42 Å². The van der Waals surface area contributed by atoms with E-state index < -0.39 is 24.2 Å². The van der Waals surface area contributed by atoms with Crippen LogP contribution in [-0.4, -0.2) is 73.7 Å². The standard InChI is InChI=1S/C38H54ClN7O5SSi/c1-35(2,3)53(6,7)51-27(32-37(16-17-37)38(32)18-19-38)24-50-30-15-21-46(44-30)29-14-13-26(33(39)43-29)34(47)45-52(48,49)31-12-8-11-28(42-31)40-20-9-10-25-22-36(4,5)41-23-25/h8,11-15,21,25,27,32,41H,9-10,16-20,22-24H2,1-7H3,(H,40,42)(H,45,47)/t25-,27?/m0/s1. The number of sulfonamides is 1. The molecule has 4 heterocycles. The summed E-state index contributed by atoms with van der Waals surface area (Å²) in [6.45, 7) is 17.9. The van der Waals surface area contributed by atoms with Crippen molar-refractivity contribution in [2.75, 3.05) is 25.0 Å². The maximum atomic E-state index is 13.2. The Bertz CT molecular complexity index is 1950. The number of nitrogens with zero attached hydrogens (tertiary/aromatic N) is 4. The zero-order chi connectivity index (χ0) is 38.0. The van der Waals surface area contributed by atoms with Gasteiger partial charge in [-0.1, -0.05) is 38.4 Å². The minimum atomic E-state index is -4.29. The molecule has 3 aromatic rings.